The molecule has 0 aromatic rings. The number of rotatable bonds is 0. The Bertz CT molecular complexity index is 812. The topological polar surface area (TPSA) is 134 Å². The molecule has 5 saturated heterocycles. The van der Waals surface area contributed by atoms with Gasteiger partial charge in [-0.05, 0) is 98.7 Å². The van der Waals surface area contributed by atoms with E-state index in [1.807, 2.05) is 0 Å². The smallest absolute Gasteiger partial charge is 0.401 e. The molecule has 248 valence electrons. The lowest BCUT2D eigenvalue weighted by atomic mass is 9.76. The van der Waals surface area contributed by atoms with Crippen molar-refractivity contribution < 1.29 is 9.90 Å². The number of carboxylic acid groups (broad SMARTS) is 1. The molecule has 8 bridgehead atoms. The molecule has 9 fully saturated rings. The summed E-state index contributed by atoms with van der Waals surface area (Å²) in [6.07, 6.45) is 25.6. The molecule has 8 unspecified atom stereocenters. The van der Waals surface area contributed by atoms with Crippen molar-refractivity contribution in [3.8, 4) is 0 Å². The molecule has 0 spiro atoms. The first-order chi connectivity index (χ1) is 21.5. The summed E-state index contributed by atoms with van der Waals surface area (Å²) in [6.45, 7) is 0. The molecule has 11 heteroatoms. The number of halogens is 1. The summed E-state index contributed by atoms with van der Waals surface area (Å²) in [4.78, 5) is 8.77. The van der Waals surface area contributed by atoms with Crippen molar-refractivity contribution in [2.75, 3.05) is 0 Å². The fraction of sp³-hybridized carbons (Fsp3) is 0.970. The van der Waals surface area contributed by atoms with Crippen LogP contribution in [0.2, 0.25) is 0 Å². The second-order valence-electron chi connectivity index (χ2n) is 15.9. The number of carbonyl (C=O) groups is 1. The third-order valence-electron chi connectivity index (χ3n) is 13.8. The summed E-state index contributed by atoms with van der Waals surface area (Å²) in [6, 6.07) is 0. The average Bonchev–Trinajstić information content (AvgIpc) is 3.76. The van der Waals surface area contributed by atoms with Crippen molar-refractivity contribution in [3.05, 3.63) is 0 Å². The van der Waals surface area contributed by atoms with Gasteiger partial charge in [-0.3, -0.25) is 42.5 Å². The Kier molecular flexibility index (Phi) is 9.19. The number of hydrogen-bond donors (Lipinski definition) is 9. The second-order valence-corrected chi connectivity index (χ2v) is 16.2. The highest BCUT2D eigenvalue weighted by Gasteiger charge is 2.54. The highest BCUT2D eigenvalue weighted by Crippen LogP contribution is 2.45. The van der Waals surface area contributed by atoms with Gasteiger partial charge in [0.1, 0.15) is 0 Å². The molecule has 0 amide bonds. The van der Waals surface area contributed by atoms with E-state index in [0.717, 1.165) is 47.3 Å². The highest BCUT2D eigenvalue weighted by molar-refractivity contribution is 6.60. The summed E-state index contributed by atoms with van der Waals surface area (Å²) in [5, 5.41) is 41.0. The van der Waals surface area contributed by atoms with Gasteiger partial charge in [-0.1, -0.05) is 51.4 Å². The van der Waals surface area contributed by atoms with Crippen LogP contribution in [-0.2, 0) is 0 Å². The van der Waals surface area contributed by atoms with Crippen molar-refractivity contribution in [1.82, 2.24) is 42.5 Å². The summed E-state index contributed by atoms with van der Waals surface area (Å²) >= 11 is 4.19. The van der Waals surface area contributed by atoms with Gasteiger partial charge in [-0.25, -0.2) is 4.79 Å². The molecule has 5 aliphatic heterocycles. The summed E-state index contributed by atoms with van der Waals surface area (Å²) in [5.41, 5.74) is -1.36. The third-order valence-corrected chi connectivity index (χ3v) is 13.8. The van der Waals surface area contributed by atoms with Crippen LogP contribution in [0.3, 0.4) is 0 Å². The lowest BCUT2D eigenvalue weighted by Crippen LogP contribution is -2.61. The van der Waals surface area contributed by atoms with E-state index in [4.69, 9.17) is 9.90 Å². The van der Waals surface area contributed by atoms with Crippen LogP contribution in [-0.4, -0.2) is 59.9 Å². The molecule has 9 N–H and O–H groups in total. The minimum atomic E-state index is -1.36. The van der Waals surface area contributed by atoms with E-state index in [1.165, 1.54) is 103 Å². The van der Waals surface area contributed by atoms with Gasteiger partial charge in [0, 0.05) is 11.6 Å². The maximum absolute atomic E-state index is 8.77. The van der Waals surface area contributed by atoms with Gasteiger partial charge in [-0.15, -0.1) is 0 Å². The van der Waals surface area contributed by atoms with E-state index in [0.29, 0.717) is 49.3 Å². The molecule has 4 aliphatic carbocycles. The Labute approximate surface area is 268 Å². The zero-order chi connectivity index (χ0) is 29.8. The zero-order valence-corrected chi connectivity index (χ0v) is 27.0. The Balaban J connectivity index is 0.000000684. The predicted octanol–water partition coefficient (Wildman–Crippen LogP) is 3.51. The summed E-state index contributed by atoms with van der Waals surface area (Å²) in [7, 11) is 0. The van der Waals surface area contributed by atoms with Gasteiger partial charge in [0.05, 0.1) is 49.3 Å². The first kappa shape index (κ1) is 30.8. The van der Waals surface area contributed by atoms with Gasteiger partial charge in [-0.2, -0.15) is 0 Å². The van der Waals surface area contributed by atoms with Crippen LogP contribution >= 0.6 is 11.6 Å². The van der Waals surface area contributed by atoms with Gasteiger partial charge in [0.15, 0.2) is 0 Å². The molecule has 44 heavy (non-hydrogen) atoms. The average molecular weight is 633 g/mol. The minimum absolute atomic E-state index is 0.420. The molecule has 9 aliphatic rings. The maximum Gasteiger partial charge on any atom is 0.401 e. The van der Waals surface area contributed by atoms with E-state index < -0.39 is 5.43 Å². The fourth-order valence-electron chi connectivity index (χ4n) is 12.0. The van der Waals surface area contributed by atoms with E-state index in [1.54, 1.807) is 0 Å². The fourth-order valence-corrected chi connectivity index (χ4v) is 12.0. The predicted molar refractivity (Wildman–Crippen MR) is 171 cm³/mol. The lowest BCUT2D eigenvalue weighted by Gasteiger charge is -2.35. The van der Waals surface area contributed by atoms with Crippen LogP contribution < -0.4 is 42.5 Å². The molecular formula is C33H57ClN8O2. The van der Waals surface area contributed by atoms with E-state index >= 15 is 0 Å². The van der Waals surface area contributed by atoms with Crippen molar-refractivity contribution in [1.29, 1.82) is 0 Å². The maximum atomic E-state index is 8.77. The van der Waals surface area contributed by atoms with Crippen LogP contribution in [0.25, 0.3) is 0 Å². The molecule has 8 atom stereocenters. The number of nitrogens with one attached hydrogen (secondary N) is 8. The van der Waals surface area contributed by atoms with Crippen molar-refractivity contribution in [3.63, 3.8) is 0 Å². The van der Waals surface area contributed by atoms with Gasteiger partial charge in [0.2, 0.25) is 0 Å². The van der Waals surface area contributed by atoms with E-state index in [2.05, 4.69) is 54.1 Å². The quantitative estimate of drug-likeness (QED) is 0.183. The number of hydrogen-bond acceptors (Lipinski definition) is 9. The van der Waals surface area contributed by atoms with Gasteiger partial charge >= 0.3 is 5.43 Å². The molecule has 0 radical (unpaired) electrons. The Morgan fingerprint density at radius 1 is 0.364 bits per heavy atom. The summed E-state index contributed by atoms with van der Waals surface area (Å²) < 4.78 is 0. The Hall–Kier alpha value is -0.560. The largest absolute Gasteiger partial charge is 0.469 e. The summed E-state index contributed by atoms with van der Waals surface area (Å²) in [5.74, 6) is 5.97. The molecule has 10 nitrogen and oxygen atoms in total. The monoisotopic (exact) mass is 632 g/mol. The van der Waals surface area contributed by atoms with E-state index in [-0.39, 0.29) is 0 Å². The first-order valence-electron chi connectivity index (χ1n) is 18.5. The highest BCUT2D eigenvalue weighted by atomic mass is 35.5. The molecular weight excluding hydrogens is 576 g/mol. The van der Waals surface area contributed by atoms with Crippen LogP contribution in [0.4, 0.5) is 4.79 Å². The van der Waals surface area contributed by atoms with Gasteiger partial charge < -0.3 is 5.11 Å². The van der Waals surface area contributed by atoms with Crippen molar-refractivity contribution >= 4 is 17.0 Å². The van der Waals surface area contributed by atoms with Crippen LogP contribution in [0.5, 0.6) is 0 Å². The molecule has 0 aromatic carbocycles. The molecule has 9 rings (SSSR count). The second kappa shape index (κ2) is 13.2. The third kappa shape index (κ3) is 5.87. The Morgan fingerprint density at radius 2 is 0.477 bits per heavy atom. The molecule has 5 heterocycles. The zero-order valence-electron chi connectivity index (χ0n) is 26.3. The minimum Gasteiger partial charge on any atom is -0.469 e. The molecule has 0 aromatic heterocycles. The standard InChI is InChI=1S/C32H56N8.CHClO2/c1-2-10-18-17(9-1)25-33-26(18)38-28-21-13-5-6-14-22(21)30(35-28)40-32-24-16-8-7-15-23(24)31(36-32)39-29-20-12-4-3-11-19(20)27(34-29)37-25;2-1(3)4/h17-40H,1-16H2;(H,3,4). The van der Waals surface area contributed by atoms with Gasteiger partial charge in [0.25, 0.3) is 0 Å². The van der Waals surface area contributed by atoms with Crippen LogP contribution in [0, 0.1) is 47.3 Å². The number of fused-ring (bicyclic) bond motifs is 20. The molecule has 4 saturated carbocycles. The van der Waals surface area contributed by atoms with Crippen LogP contribution in [0.15, 0.2) is 0 Å². The van der Waals surface area contributed by atoms with Crippen molar-refractivity contribution in [2.45, 2.75) is 152 Å². The lowest BCUT2D eigenvalue weighted by molar-refractivity contribution is 0.167. The normalized spacial score (nSPS) is 52.9. The first-order valence-corrected chi connectivity index (χ1v) is 18.9. The van der Waals surface area contributed by atoms with Crippen molar-refractivity contribution in [2.24, 2.45) is 47.3 Å². The SMILES string of the molecule is C1CCC2C3NC(NC4NC(NC5NC(NC6NC(N3)C3CCCCC63)C3CCCCC53)C3CCCCC43)C2C1.O=C(O)Cl. The van der Waals surface area contributed by atoms with E-state index in [9.17, 15) is 0 Å². The van der Waals surface area contributed by atoms with Crippen LogP contribution in [0.1, 0.15) is 103 Å². The Morgan fingerprint density at radius 3 is 0.591 bits per heavy atom.